The van der Waals surface area contributed by atoms with E-state index in [-0.39, 0.29) is 30.6 Å². The van der Waals surface area contributed by atoms with Crippen LogP contribution in [0.4, 0.5) is 8.78 Å². The molecular formula is C12H18F2O2. The predicted octanol–water partition coefficient (Wildman–Crippen LogP) is 2.11. The average Bonchev–Trinajstić information content (AvgIpc) is 2.44. The molecule has 2 nitrogen and oxygen atoms in total. The molecule has 0 amide bonds. The van der Waals surface area contributed by atoms with Crippen molar-refractivity contribution in [1.82, 2.24) is 0 Å². The van der Waals surface area contributed by atoms with Gasteiger partial charge in [-0.15, -0.1) is 0 Å². The minimum atomic E-state index is -2.81. The molecule has 0 saturated heterocycles. The second-order valence-electron chi connectivity index (χ2n) is 5.43. The molecule has 0 aliphatic heterocycles. The van der Waals surface area contributed by atoms with Crippen LogP contribution in [0.15, 0.2) is 0 Å². The van der Waals surface area contributed by atoms with Crippen molar-refractivity contribution in [1.29, 1.82) is 0 Å². The fourth-order valence-corrected chi connectivity index (χ4v) is 3.59. The van der Waals surface area contributed by atoms with Gasteiger partial charge in [0.05, 0.1) is 0 Å². The lowest BCUT2D eigenvalue weighted by molar-refractivity contribution is -0.156. The van der Waals surface area contributed by atoms with Crippen LogP contribution >= 0.6 is 0 Å². The normalized spacial score (nSPS) is 46.8. The summed E-state index contributed by atoms with van der Waals surface area (Å²) in [6.07, 6.45) is 0.0765. The van der Waals surface area contributed by atoms with Crippen LogP contribution in [0.2, 0.25) is 0 Å². The van der Waals surface area contributed by atoms with E-state index in [0.717, 1.165) is 0 Å². The van der Waals surface area contributed by atoms with Gasteiger partial charge in [-0.05, 0) is 17.8 Å². The van der Waals surface area contributed by atoms with Gasteiger partial charge < -0.3 is 5.11 Å². The molecule has 4 heteroatoms. The van der Waals surface area contributed by atoms with E-state index < -0.39 is 23.7 Å². The molecule has 2 saturated carbocycles. The van der Waals surface area contributed by atoms with Crippen molar-refractivity contribution >= 4 is 5.78 Å². The first-order valence-electron chi connectivity index (χ1n) is 5.90. The fraction of sp³-hybridized carbons (Fsp3) is 0.917. The monoisotopic (exact) mass is 232 g/mol. The lowest BCUT2D eigenvalue weighted by Crippen LogP contribution is -2.48. The number of hydrogen-bond acceptors (Lipinski definition) is 2. The average molecular weight is 232 g/mol. The Morgan fingerprint density at radius 1 is 1.44 bits per heavy atom. The second kappa shape index (κ2) is 3.76. The quantitative estimate of drug-likeness (QED) is 0.751. The molecule has 2 aliphatic carbocycles. The zero-order chi connectivity index (χ0) is 12.1. The molecule has 1 N–H and O–H groups in total. The maximum Gasteiger partial charge on any atom is 0.251 e. The summed E-state index contributed by atoms with van der Waals surface area (Å²) < 4.78 is 27.4. The number of aliphatic hydroxyl groups is 1. The van der Waals surface area contributed by atoms with Crippen LogP contribution in [-0.4, -0.2) is 23.4 Å². The Labute approximate surface area is 94.0 Å². The third-order valence-corrected chi connectivity index (χ3v) is 4.56. The summed E-state index contributed by atoms with van der Waals surface area (Å²) in [5.74, 6) is -4.56. The van der Waals surface area contributed by atoms with E-state index in [2.05, 4.69) is 0 Å². The summed E-state index contributed by atoms with van der Waals surface area (Å²) in [4.78, 5) is 11.7. The van der Waals surface area contributed by atoms with Crippen molar-refractivity contribution in [3.63, 3.8) is 0 Å². The molecule has 92 valence electrons. The zero-order valence-corrected chi connectivity index (χ0v) is 9.62. The van der Waals surface area contributed by atoms with E-state index in [1.54, 1.807) is 0 Å². The summed E-state index contributed by atoms with van der Waals surface area (Å²) >= 11 is 0. The van der Waals surface area contributed by atoms with E-state index in [4.69, 9.17) is 0 Å². The molecular weight excluding hydrogens is 214 g/mol. The number of rotatable bonds is 1. The summed E-state index contributed by atoms with van der Waals surface area (Å²) in [6.45, 7) is 3.18. The van der Waals surface area contributed by atoms with Crippen molar-refractivity contribution in [2.75, 3.05) is 6.61 Å². The lowest BCUT2D eigenvalue weighted by atomic mass is 9.65. The van der Waals surface area contributed by atoms with Crippen molar-refractivity contribution in [3.8, 4) is 0 Å². The van der Waals surface area contributed by atoms with Crippen LogP contribution in [-0.2, 0) is 4.79 Å². The van der Waals surface area contributed by atoms with E-state index in [0.29, 0.717) is 6.42 Å². The molecule has 16 heavy (non-hydrogen) atoms. The molecule has 0 unspecified atom stereocenters. The SMILES string of the molecule is C[C@H]1CC(=O)[C@@H]2CC(F)(F)[C@@H](C)[C@H](CO)[C@H]12. The Kier molecular flexibility index (Phi) is 2.81. The van der Waals surface area contributed by atoms with E-state index in [9.17, 15) is 18.7 Å². The van der Waals surface area contributed by atoms with Crippen LogP contribution in [0.5, 0.6) is 0 Å². The first kappa shape index (κ1) is 12.0. The highest BCUT2D eigenvalue weighted by Crippen LogP contribution is 2.54. The van der Waals surface area contributed by atoms with Crippen molar-refractivity contribution in [2.45, 2.75) is 32.6 Å². The number of carbonyl (C=O) groups is 1. The third-order valence-electron chi connectivity index (χ3n) is 4.56. The minimum absolute atomic E-state index is 0.0393. The number of aliphatic hydroxyl groups excluding tert-OH is 1. The van der Waals surface area contributed by atoms with E-state index in [1.807, 2.05) is 6.92 Å². The molecule has 2 rings (SSSR count). The highest BCUT2D eigenvalue weighted by Gasteiger charge is 2.57. The Morgan fingerprint density at radius 3 is 2.62 bits per heavy atom. The maximum atomic E-state index is 13.7. The first-order valence-corrected chi connectivity index (χ1v) is 5.90. The molecule has 2 aliphatic rings. The summed E-state index contributed by atoms with van der Waals surface area (Å²) in [5, 5.41) is 9.30. The van der Waals surface area contributed by atoms with Gasteiger partial charge in [-0.2, -0.15) is 0 Å². The van der Waals surface area contributed by atoms with Crippen molar-refractivity contribution in [2.24, 2.45) is 29.6 Å². The number of fused-ring (bicyclic) bond motifs is 1. The number of Topliss-reactive ketones (excluding diaryl/α,β-unsaturated/α-hetero) is 1. The van der Waals surface area contributed by atoms with Crippen molar-refractivity contribution < 1.29 is 18.7 Å². The molecule has 5 atom stereocenters. The Bertz CT molecular complexity index is 303. The zero-order valence-electron chi connectivity index (χ0n) is 9.62. The Morgan fingerprint density at radius 2 is 2.06 bits per heavy atom. The third kappa shape index (κ3) is 1.58. The van der Waals surface area contributed by atoms with Gasteiger partial charge in [-0.1, -0.05) is 13.8 Å². The topological polar surface area (TPSA) is 37.3 Å². The van der Waals surface area contributed by atoms with E-state index in [1.165, 1.54) is 6.92 Å². The molecule has 0 aromatic carbocycles. The van der Waals surface area contributed by atoms with Crippen LogP contribution < -0.4 is 0 Å². The molecule has 0 bridgehead atoms. The molecule has 0 aromatic rings. The van der Waals surface area contributed by atoms with Gasteiger partial charge in [-0.3, -0.25) is 4.79 Å². The maximum absolute atomic E-state index is 13.7. The second-order valence-corrected chi connectivity index (χ2v) is 5.43. The van der Waals surface area contributed by atoms with Crippen LogP contribution in [0.3, 0.4) is 0 Å². The highest BCUT2D eigenvalue weighted by molar-refractivity contribution is 5.84. The molecule has 0 heterocycles. The summed E-state index contributed by atoms with van der Waals surface area (Å²) in [7, 11) is 0. The summed E-state index contributed by atoms with van der Waals surface area (Å²) in [6, 6.07) is 0. The number of hydrogen-bond donors (Lipinski definition) is 1. The molecule has 0 aromatic heterocycles. The van der Waals surface area contributed by atoms with Crippen LogP contribution in [0, 0.1) is 29.6 Å². The summed E-state index contributed by atoms with van der Waals surface area (Å²) in [5.41, 5.74) is 0. The van der Waals surface area contributed by atoms with Crippen LogP contribution in [0.25, 0.3) is 0 Å². The highest BCUT2D eigenvalue weighted by atomic mass is 19.3. The van der Waals surface area contributed by atoms with Gasteiger partial charge in [-0.25, -0.2) is 8.78 Å². The van der Waals surface area contributed by atoms with E-state index >= 15 is 0 Å². The number of ketones is 1. The number of halogens is 2. The predicted molar refractivity (Wildman–Crippen MR) is 55.1 cm³/mol. The smallest absolute Gasteiger partial charge is 0.251 e. The van der Waals surface area contributed by atoms with Gasteiger partial charge in [0.25, 0.3) is 5.92 Å². The molecule has 0 spiro atoms. The van der Waals surface area contributed by atoms with Gasteiger partial charge >= 0.3 is 0 Å². The number of carbonyl (C=O) groups excluding carboxylic acids is 1. The Hall–Kier alpha value is -0.510. The molecule has 0 radical (unpaired) electrons. The molecule has 2 fully saturated rings. The van der Waals surface area contributed by atoms with Crippen LogP contribution in [0.1, 0.15) is 26.7 Å². The Balaban J connectivity index is 2.32. The minimum Gasteiger partial charge on any atom is -0.396 e. The van der Waals surface area contributed by atoms with Gasteiger partial charge in [0.1, 0.15) is 5.78 Å². The number of alkyl halides is 2. The lowest BCUT2D eigenvalue weighted by Gasteiger charge is -2.43. The van der Waals surface area contributed by atoms with Crippen molar-refractivity contribution in [3.05, 3.63) is 0 Å². The van der Waals surface area contributed by atoms with Gasteiger partial charge in [0.15, 0.2) is 0 Å². The fourth-order valence-electron chi connectivity index (χ4n) is 3.59. The first-order chi connectivity index (χ1) is 7.38. The standard InChI is InChI=1S/C12H18F2O2/c1-6-3-10(16)8-4-12(13,14)7(2)9(5-15)11(6)8/h6-9,11,15H,3-5H2,1-2H3/t6-,7-,8-,9-,11+/m0/s1. The van der Waals surface area contributed by atoms with Gasteiger partial charge in [0, 0.05) is 31.3 Å². The van der Waals surface area contributed by atoms with Gasteiger partial charge in [0.2, 0.25) is 0 Å². The largest absolute Gasteiger partial charge is 0.396 e.